The molecule has 4 heteroatoms. The maximum atomic E-state index is 5.48. The van der Waals surface area contributed by atoms with Crippen LogP contribution < -0.4 is 10.1 Å². The molecule has 0 aliphatic heterocycles. The number of benzene rings is 2. The number of rotatable bonds is 5. The molecule has 2 aromatic carbocycles. The molecule has 0 saturated carbocycles. The highest BCUT2D eigenvalue weighted by Gasteiger charge is 2.12. The van der Waals surface area contributed by atoms with Crippen molar-refractivity contribution in [3.05, 3.63) is 52.0 Å². The van der Waals surface area contributed by atoms with Crippen molar-refractivity contribution in [1.29, 1.82) is 0 Å². The maximum absolute atomic E-state index is 5.48. The van der Waals surface area contributed by atoms with Crippen LogP contribution in [-0.4, -0.2) is 13.4 Å². The fraction of sp³-hybridized carbons (Fsp3) is 0.294. The highest BCUT2D eigenvalue weighted by molar-refractivity contribution is 9.10. The van der Waals surface area contributed by atoms with Gasteiger partial charge in [0, 0.05) is 15.4 Å². The Hall–Kier alpha value is -1.13. The van der Waals surface area contributed by atoms with E-state index in [2.05, 4.69) is 71.7 Å². The molecule has 0 saturated heterocycles. The number of hydrogen-bond acceptors (Lipinski definition) is 3. The lowest BCUT2D eigenvalue weighted by molar-refractivity contribution is 0.415. The zero-order valence-corrected chi connectivity index (χ0v) is 15.1. The Bertz CT molecular complexity index is 613. The number of methoxy groups -OCH3 is 1. The molecule has 1 atom stereocenters. The Morgan fingerprint density at radius 2 is 1.86 bits per heavy atom. The van der Waals surface area contributed by atoms with E-state index in [1.165, 1.54) is 10.5 Å². The molecule has 0 aliphatic carbocycles. The summed E-state index contributed by atoms with van der Waals surface area (Å²) in [5.41, 5.74) is 3.47. The molecule has 0 amide bonds. The zero-order chi connectivity index (χ0) is 15.4. The molecule has 1 N–H and O–H groups in total. The molecule has 21 heavy (non-hydrogen) atoms. The van der Waals surface area contributed by atoms with Crippen molar-refractivity contribution in [1.82, 2.24) is 0 Å². The fourth-order valence-electron chi connectivity index (χ4n) is 2.25. The second kappa shape index (κ2) is 7.23. The van der Waals surface area contributed by atoms with E-state index in [1.807, 2.05) is 6.07 Å². The lowest BCUT2D eigenvalue weighted by Crippen LogP contribution is -2.09. The first-order valence-corrected chi connectivity index (χ1v) is 8.81. The van der Waals surface area contributed by atoms with Crippen LogP contribution in [0, 0.1) is 6.92 Å². The Morgan fingerprint density at radius 1 is 1.19 bits per heavy atom. The molecule has 2 rings (SSSR count). The standard InChI is InChI=1S/C17H20BrNOS/c1-11-9-14(18)10-16(20-3)17(11)19-12(2)13-5-7-15(21-4)8-6-13/h5-10,12,19H,1-4H3. The summed E-state index contributed by atoms with van der Waals surface area (Å²) < 4.78 is 6.51. The molecule has 0 radical (unpaired) electrons. The van der Waals surface area contributed by atoms with Gasteiger partial charge in [0.2, 0.25) is 0 Å². The minimum Gasteiger partial charge on any atom is -0.495 e. The molecule has 1 unspecified atom stereocenters. The highest BCUT2D eigenvalue weighted by Crippen LogP contribution is 2.34. The highest BCUT2D eigenvalue weighted by atomic mass is 79.9. The zero-order valence-electron chi connectivity index (χ0n) is 12.7. The average molecular weight is 366 g/mol. The molecular weight excluding hydrogens is 346 g/mol. The topological polar surface area (TPSA) is 21.3 Å². The van der Waals surface area contributed by atoms with Crippen LogP contribution in [0.4, 0.5) is 5.69 Å². The van der Waals surface area contributed by atoms with Gasteiger partial charge in [-0.3, -0.25) is 0 Å². The summed E-state index contributed by atoms with van der Waals surface area (Å²) in [6.45, 7) is 4.24. The van der Waals surface area contributed by atoms with Crippen LogP contribution in [0.3, 0.4) is 0 Å². The summed E-state index contributed by atoms with van der Waals surface area (Å²) in [7, 11) is 1.70. The van der Waals surface area contributed by atoms with Crippen molar-refractivity contribution >= 4 is 33.4 Å². The van der Waals surface area contributed by atoms with Crippen LogP contribution in [0.2, 0.25) is 0 Å². The molecule has 0 heterocycles. The summed E-state index contributed by atoms with van der Waals surface area (Å²) >= 11 is 5.26. The molecule has 0 aliphatic rings. The van der Waals surface area contributed by atoms with Crippen LogP contribution in [-0.2, 0) is 0 Å². The summed E-state index contributed by atoms with van der Waals surface area (Å²) in [4.78, 5) is 1.28. The Labute approximate surface area is 139 Å². The summed E-state index contributed by atoms with van der Waals surface area (Å²) in [5.74, 6) is 0.856. The van der Waals surface area contributed by atoms with Gasteiger partial charge in [-0.15, -0.1) is 11.8 Å². The van der Waals surface area contributed by atoms with Gasteiger partial charge in [-0.2, -0.15) is 0 Å². The van der Waals surface area contributed by atoms with Gasteiger partial charge < -0.3 is 10.1 Å². The van der Waals surface area contributed by atoms with Crippen molar-refractivity contribution < 1.29 is 4.74 Å². The van der Waals surface area contributed by atoms with Crippen LogP contribution in [0.1, 0.15) is 24.1 Å². The van der Waals surface area contributed by atoms with Crippen molar-refractivity contribution in [2.75, 3.05) is 18.7 Å². The van der Waals surface area contributed by atoms with E-state index >= 15 is 0 Å². The Morgan fingerprint density at radius 3 is 2.43 bits per heavy atom. The number of aryl methyl sites for hydroxylation is 1. The first-order chi connectivity index (χ1) is 10.0. The third-order valence-corrected chi connectivity index (χ3v) is 4.66. The predicted molar refractivity (Wildman–Crippen MR) is 95.7 cm³/mol. The van der Waals surface area contributed by atoms with Gasteiger partial charge in [-0.05, 0) is 55.5 Å². The first kappa shape index (κ1) is 16.2. The normalized spacial score (nSPS) is 12.0. The van der Waals surface area contributed by atoms with E-state index in [0.717, 1.165) is 21.5 Å². The van der Waals surface area contributed by atoms with E-state index in [0.29, 0.717) is 0 Å². The van der Waals surface area contributed by atoms with Gasteiger partial charge in [0.15, 0.2) is 0 Å². The molecule has 0 fully saturated rings. The molecule has 0 aromatic heterocycles. The van der Waals surface area contributed by atoms with Crippen LogP contribution in [0.15, 0.2) is 45.8 Å². The predicted octanol–water partition coefficient (Wildman–Crippen LogP) is 5.66. The number of halogens is 1. The quantitative estimate of drug-likeness (QED) is 0.690. The number of hydrogen-bond donors (Lipinski definition) is 1. The van der Waals surface area contributed by atoms with E-state index in [9.17, 15) is 0 Å². The van der Waals surface area contributed by atoms with Crippen molar-refractivity contribution in [2.45, 2.75) is 24.8 Å². The first-order valence-electron chi connectivity index (χ1n) is 6.79. The van der Waals surface area contributed by atoms with E-state index in [-0.39, 0.29) is 6.04 Å². The third-order valence-electron chi connectivity index (χ3n) is 3.46. The monoisotopic (exact) mass is 365 g/mol. The lowest BCUT2D eigenvalue weighted by Gasteiger charge is -2.20. The van der Waals surface area contributed by atoms with Gasteiger partial charge in [-0.1, -0.05) is 28.1 Å². The fourth-order valence-corrected chi connectivity index (χ4v) is 3.21. The molecular formula is C17H20BrNOS. The Balaban J connectivity index is 2.24. The number of anilines is 1. The van der Waals surface area contributed by atoms with Crippen molar-refractivity contribution in [3.8, 4) is 5.75 Å². The van der Waals surface area contributed by atoms with Crippen molar-refractivity contribution in [3.63, 3.8) is 0 Å². The second-order valence-electron chi connectivity index (χ2n) is 4.94. The molecule has 0 spiro atoms. The van der Waals surface area contributed by atoms with Crippen LogP contribution in [0.5, 0.6) is 5.75 Å². The van der Waals surface area contributed by atoms with Gasteiger partial charge in [0.25, 0.3) is 0 Å². The van der Waals surface area contributed by atoms with Gasteiger partial charge in [0.05, 0.1) is 12.8 Å². The van der Waals surface area contributed by atoms with E-state index < -0.39 is 0 Å². The molecule has 2 nitrogen and oxygen atoms in total. The van der Waals surface area contributed by atoms with Crippen LogP contribution >= 0.6 is 27.7 Å². The lowest BCUT2D eigenvalue weighted by atomic mass is 10.1. The van der Waals surface area contributed by atoms with Gasteiger partial charge in [0.1, 0.15) is 5.75 Å². The number of thioether (sulfide) groups is 1. The van der Waals surface area contributed by atoms with E-state index in [4.69, 9.17) is 4.74 Å². The number of ether oxygens (including phenoxy) is 1. The van der Waals surface area contributed by atoms with E-state index in [1.54, 1.807) is 18.9 Å². The van der Waals surface area contributed by atoms with Crippen molar-refractivity contribution in [2.24, 2.45) is 0 Å². The summed E-state index contributed by atoms with van der Waals surface area (Å²) in [5, 5.41) is 3.56. The Kier molecular flexibility index (Phi) is 5.59. The smallest absolute Gasteiger partial charge is 0.143 e. The molecule has 112 valence electrons. The third kappa shape index (κ3) is 3.95. The number of nitrogens with one attached hydrogen (secondary N) is 1. The second-order valence-corrected chi connectivity index (χ2v) is 6.73. The molecule has 2 aromatic rings. The maximum Gasteiger partial charge on any atom is 0.143 e. The molecule has 0 bridgehead atoms. The van der Waals surface area contributed by atoms with Gasteiger partial charge in [-0.25, -0.2) is 0 Å². The minimum absolute atomic E-state index is 0.217. The average Bonchev–Trinajstić information content (AvgIpc) is 2.49. The minimum atomic E-state index is 0.217. The summed E-state index contributed by atoms with van der Waals surface area (Å²) in [6.07, 6.45) is 2.09. The largest absolute Gasteiger partial charge is 0.495 e. The summed E-state index contributed by atoms with van der Waals surface area (Å²) in [6, 6.07) is 12.9. The SMILES string of the molecule is COc1cc(Br)cc(C)c1NC(C)c1ccc(SC)cc1. The van der Waals surface area contributed by atoms with Crippen LogP contribution in [0.25, 0.3) is 0 Å². The van der Waals surface area contributed by atoms with Gasteiger partial charge >= 0.3 is 0 Å².